The van der Waals surface area contributed by atoms with E-state index in [-0.39, 0.29) is 0 Å². The van der Waals surface area contributed by atoms with Crippen LogP contribution in [-0.4, -0.2) is 81.0 Å². The number of alkyl halides is 3. The van der Waals surface area contributed by atoms with Gasteiger partial charge in [0.1, 0.15) is 0 Å². The molecule has 20 heavy (non-hydrogen) atoms. The van der Waals surface area contributed by atoms with Crippen LogP contribution in [0.25, 0.3) is 0 Å². The smallest absolute Gasteiger partial charge is 0.379 e. The maximum Gasteiger partial charge on any atom is 0.401 e. The lowest BCUT2D eigenvalue weighted by Crippen LogP contribution is -2.51. The third-order valence-corrected chi connectivity index (χ3v) is 4.03. The van der Waals surface area contributed by atoms with Crippen molar-refractivity contribution >= 4 is 0 Å². The third kappa shape index (κ3) is 4.87. The molecule has 2 saturated heterocycles. The Balaban J connectivity index is 1.71. The fraction of sp³-hybridized carbons (Fsp3) is 1.00. The highest BCUT2D eigenvalue weighted by atomic mass is 19.4. The Labute approximate surface area is 118 Å². The van der Waals surface area contributed by atoms with Crippen LogP contribution in [0.15, 0.2) is 0 Å². The van der Waals surface area contributed by atoms with E-state index < -0.39 is 12.7 Å². The highest BCUT2D eigenvalue weighted by Gasteiger charge is 2.34. The van der Waals surface area contributed by atoms with Gasteiger partial charge >= 0.3 is 6.18 Å². The first-order valence-corrected chi connectivity index (χ1v) is 7.30. The lowest BCUT2D eigenvalue weighted by atomic mass is 10.0. The first-order chi connectivity index (χ1) is 9.48. The fourth-order valence-corrected chi connectivity index (χ4v) is 2.98. The largest absolute Gasteiger partial charge is 0.401 e. The predicted octanol–water partition coefficient (Wildman–Crippen LogP) is 0.791. The molecule has 0 aromatic rings. The van der Waals surface area contributed by atoms with Gasteiger partial charge in [0.05, 0.1) is 19.8 Å². The minimum absolute atomic E-state index is 0.383. The van der Waals surface area contributed by atoms with E-state index in [1.165, 1.54) is 4.90 Å². The summed E-state index contributed by atoms with van der Waals surface area (Å²) in [5.41, 5.74) is 0. The minimum atomic E-state index is -4.09. The van der Waals surface area contributed by atoms with Gasteiger partial charge in [0.25, 0.3) is 0 Å². The van der Waals surface area contributed by atoms with Crippen molar-refractivity contribution in [3.05, 3.63) is 0 Å². The number of halogens is 3. The quantitative estimate of drug-likeness (QED) is 0.812. The standard InChI is InChI=1S/C13H24F3N3O/c1-2-17-12-9-20-8-11(12)7-18-3-5-19(6-4-18)10-13(14,15)16/h11-12,17H,2-10H2,1H3. The number of nitrogens with zero attached hydrogens (tertiary/aromatic N) is 2. The molecule has 0 saturated carbocycles. The second-order valence-electron chi connectivity index (χ2n) is 5.65. The van der Waals surface area contributed by atoms with Gasteiger partial charge in [0.15, 0.2) is 0 Å². The zero-order chi connectivity index (χ0) is 14.6. The highest BCUT2D eigenvalue weighted by molar-refractivity contribution is 4.85. The number of likely N-dealkylation sites (N-methyl/N-ethyl adjacent to an activating group) is 1. The van der Waals surface area contributed by atoms with Crippen molar-refractivity contribution in [3.8, 4) is 0 Å². The van der Waals surface area contributed by atoms with Gasteiger partial charge in [0.2, 0.25) is 0 Å². The van der Waals surface area contributed by atoms with Gasteiger partial charge in [-0.2, -0.15) is 13.2 Å². The molecular weight excluding hydrogens is 271 g/mol. The van der Waals surface area contributed by atoms with Gasteiger partial charge in [-0.25, -0.2) is 0 Å². The molecule has 2 heterocycles. The molecule has 4 nitrogen and oxygen atoms in total. The summed E-state index contributed by atoms with van der Waals surface area (Å²) < 4.78 is 42.5. The molecule has 2 fully saturated rings. The Bertz CT molecular complexity index is 293. The van der Waals surface area contributed by atoms with Crippen LogP contribution < -0.4 is 5.32 Å². The van der Waals surface area contributed by atoms with Crippen molar-refractivity contribution in [2.75, 3.05) is 59.0 Å². The average Bonchev–Trinajstić information content (AvgIpc) is 2.78. The molecule has 2 atom stereocenters. The summed E-state index contributed by atoms with van der Waals surface area (Å²) in [6.45, 7) is 7.04. The minimum Gasteiger partial charge on any atom is -0.379 e. The van der Waals surface area contributed by atoms with Gasteiger partial charge < -0.3 is 15.0 Å². The molecule has 0 aromatic heterocycles. The van der Waals surface area contributed by atoms with Crippen LogP contribution in [0.2, 0.25) is 0 Å². The topological polar surface area (TPSA) is 27.7 Å². The predicted molar refractivity (Wildman–Crippen MR) is 70.7 cm³/mol. The summed E-state index contributed by atoms with van der Waals surface area (Å²) in [7, 11) is 0. The van der Waals surface area contributed by atoms with Crippen LogP contribution >= 0.6 is 0 Å². The highest BCUT2D eigenvalue weighted by Crippen LogP contribution is 2.19. The number of nitrogens with one attached hydrogen (secondary N) is 1. The normalized spacial score (nSPS) is 30.0. The molecule has 0 aliphatic carbocycles. The van der Waals surface area contributed by atoms with E-state index >= 15 is 0 Å². The van der Waals surface area contributed by atoms with Crippen molar-refractivity contribution in [2.24, 2.45) is 5.92 Å². The Kier molecular flexibility index (Phi) is 5.65. The third-order valence-electron chi connectivity index (χ3n) is 4.03. The molecule has 0 bridgehead atoms. The summed E-state index contributed by atoms with van der Waals surface area (Å²) in [5.74, 6) is 0.448. The molecule has 0 radical (unpaired) electrons. The maximum atomic E-state index is 12.3. The van der Waals surface area contributed by atoms with Crippen LogP contribution in [0.3, 0.4) is 0 Å². The van der Waals surface area contributed by atoms with E-state index in [4.69, 9.17) is 4.74 Å². The summed E-state index contributed by atoms with van der Waals surface area (Å²) in [6.07, 6.45) is -4.09. The van der Waals surface area contributed by atoms with Crippen LogP contribution in [0, 0.1) is 5.92 Å². The number of piperazine rings is 1. The Morgan fingerprint density at radius 3 is 2.35 bits per heavy atom. The number of hydrogen-bond acceptors (Lipinski definition) is 4. The zero-order valence-corrected chi connectivity index (χ0v) is 12.0. The van der Waals surface area contributed by atoms with E-state index in [1.54, 1.807) is 0 Å². The van der Waals surface area contributed by atoms with Crippen molar-refractivity contribution in [1.82, 2.24) is 15.1 Å². The van der Waals surface area contributed by atoms with Crippen LogP contribution in [0.5, 0.6) is 0 Å². The van der Waals surface area contributed by atoms with Crippen molar-refractivity contribution in [3.63, 3.8) is 0 Å². The first kappa shape index (κ1) is 16.0. The molecule has 2 rings (SSSR count). The van der Waals surface area contributed by atoms with E-state index in [9.17, 15) is 13.2 Å². The Morgan fingerprint density at radius 1 is 1.10 bits per heavy atom. The van der Waals surface area contributed by atoms with Gasteiger partial charge in [-0.05, 0) is 6.54 Å². The van der Waals surface area contributed by atoms with Crippen LogP contribution in [0.4, 0.5) is 13.2 Å². The van der Waals surface area contributed by atoms with E-state index in [0.29, 0.717) is 38.1 Å². The fourth-order valence-electron chi connectivity index (χ4n) is 2.98. The molecule has 0 spiro atoms. The average molecular weight is 295 g/mol. The van der Waals surface area contributed by atoms with Crippen molar-refractivity contribution in [2.45, 2.75) is 19.1 Å². The summed E-state index contributed by atoms with van der Waals surface area (Å²) >= 11 is 0. The second kappa shape index (κ2) is 7.06. The Hall–Kier alpha value is -0.370. The molecule has 118 valence electrons. The molecule has 2 aliphatic heterocycles. The molecular formula is C13H24F3N3O. The molecule has 2 aliphatic rings. The SMILES string of the molecule is CCNC1COCC1CN1CCN(CC(F)(F)F)CC1. The number of hydrogen-bond donors (Lipinski definition) is 1. The lowest BCUT2D eigenvalue weighted by molar-refractivity contribution is -0.149. The van der Waals surface area contributed by atoms with Crippen molar-refractivity contribution in [1.29, 1.82) is 0 Å². The Morgan fingerprint density at radius 2 is 1.75 bits per heavy atom. The second-order valence-corrected chi connectivity index (χ2v) is 5.65. The monoisotopic (exact) mass is 295 g/mol. The van der Waals surface area contributed by atoms with Crippen molar-refractivity contribution < 1.29 is 17.9 Å². The molecule has 7 heteroatoms. The maximum absolute atomic E-state index is 12.3. The molecule has 0 aromatic carbocycles. The summed E-state index contributed by atoms with van der Waals surface area (Å²) in [5, 5.41) is 3.41. The zero-order valence-electron chi connectivity index (χ0n) is 12.0. The van der Waals surface area contributed by atoms with Crippen LogP contribution in [0.1, 0.15) is 6.92 Å². The molecule has 1 N–H and O–H groups in total. The number of rotatable bonds is 5. The molecule has 0 amide bonds. The van der Waals surface area contributed by atoms with E-state index in [0.717, 1.165) is 26.3 Å². The van der Waals surface area contributed by atoms with Gasteiger partial charge in [-0.3, -0.25) is 4.90 Å². The van der Waals surface area contributed by atoms with Gasteiger partial charge in [-0.15, -0.1) is 0 Å². The first-order valence-electron chi connectivity index (χ1n) is 7.30. The van der Waals surface area contributed by atoms with Crippen LogP contribution in [-0.2, 0) is 4.74 Å². The van der Waals surface area contributed by atoms with Gasteiger partial charge in [-0.1, -0.05) is 6.92 Å². The van der Waals surface area contributed by atoms with E-state index in [2.05, 4.69) is 17.1 Å². The lowest BCUT2D eigenvalue weighted by Gasteiger charge is -2.36. The molecule has 2 unspecified atom stereocenters. The summed E-state index contributed by atoms with van der Waals surface area (Å²) in [6, 6.07) is 0.383. The summed E-state index contributed by atoms with van der Waals surface area (Å²) in [4.78, 5) is 3.75. The number of ether oxygens (including phenoxy) is 1. The van der Waals surface area contributed by atoms with Gasteiger partial charge in [0, 0.05) is 44.7 Å². The van der Waals surface area contributed by atoms with E-state index in [1.807, 2.05) is 0 Å².